The van der Waals surface area contributed by atoms with Crippen LogP contribution in [0.4, 0.5) is 4.79 Å². The lowest BCUT2D eigenvalue weighted by molar-refractivity contribution is 0.243. The highest BCUT2D eigenvalue weighted by atomic mass is 32.7. The van der Waals surface area contributed by atoms with Crippen LogP contribution in [0.25, 0.3) is 0 Å². The van der Waals surface area contributed by atoms with E-state index in [0.29, 0.717) is 13.2 Å². The Morgan fingerprint density at radius 3 is 2.57 bits per heavy atom. The average Bonchev–Trinajstić information content (AvgIpc) is 2.46. The Balaban J connectivity index is 2.54. The minimum atomic E-state index is -3.21. The van der Waals surface area contributed by atoms with E-state index in [0.717, 1.165) is 12.0 Å². The van der Waals surface area contributed by atoms with Crippen molar-refractivity contribution in [1.82, 2.24) is 10.4 Å². The van der Waals surface area contributed by atoms with Crippen LogP contribution < -0.4 is 10.4 Å². The van der Waals surface area contributed by atoms with Crippen molar-refractivity contribution in [3.8, 4) is 0 Å². The minimum absolute atomic E-state index is 0.150. The normalized spacial score (nSPS) is 15.0. The highest BCUT2D eigenvalue weighted by molar-refractivity contribution is 8.56. The van der Waals surface area contributed by atoms with Crippen LogP contribution >= 0.6 is 18.1 Å². The van der Waals surface area contributed by atoms with Crippen LogP contribution in [0.5, 0.6) is 0 Å². The zero-order valence-electron chi connectivity index (χ0n) is 12.7. The lowest BCUT2D eigenvalue weighted by atomic mass is 10.2. The third-order valence-corrected chi connectivity index (χ3v) is 7.28. The van der Waals surface area contributed by atoms with E-state index in [1.54, 1.807) is 6.92 Å². The Morgan fingerprint density at radius 1 is 1.33 bits per heavy atom. The fourth-order valence-corrected chi connectivity index (χ4v) is 5.76. The molecule has 0 saturated heterocycles. The summed E-state index contributed by atoms with van der Waals surface area (Å²) >= 11 is 1.18. The molecular weight excluding hydrogens is 307 g/mol. The van der Waals surface area contributed by atoms with Gasteiger partial charge in [0.15, 0.2) is 0 Å². The molecule has 0 fully saturated rings. The van der Waals surface area contributed by atoms with Crippen LogP contribution in [0, 0.1) is 0 Å². The molecule has 0 aliphatic carbocycles. The predicted molar refractivity (Wildman–Crippen MR) is 88.4 cm³/mol. The Kier molecular flexibility index (Phi) is 7.86. The number of carbonyl (C=O) groups excluding carboxylic acids is 1. The number of hydrogen-bond donors (Lipinski definition) is 2. The molecular formula is C14H23N2O3PS. The lowest BCUT2D eigenvalue weighted by Gasteiger charge is -2.20. The molecule has 0 spiro atoms. The van der Waals surface area contributed by atoms with Gasteiger partial charge in [-0.05, 0) is 30.3 Å². The Morgan fingerprint density at radius 2 is 2.00 bits per heavy atom. The standard InChI is InChI=1S/C14H23N2O3PS/c1-4-12(3)21-20(18,19-5-2)16-14(17)15-11-13-9-7-6-8-10-13/h6-10,12H,4-5,11H2,1-3H3,(H2,15,16,17,18). The van der Waals surface area contributed by atoms with E-state index in [1.807, 2.05) is 44.2 Å². The molecule has 2 amide bonds. The van der Waals surface area contributed by atoms with Gasteiger partial charge in [-0.15, -0.1) is 0 Å². The van der Waals surface area contributed by atoms with Crippen LogP contribution in [-0.2, 0) is 15.6 Å². The molecule has 7 heteroatoms. The maximum Gasteiger partial charge on any atom is 0.354 e. The van der Waals surface area contributed by atoms with Gasteiger partial charge in [-0.25, -0.2) is 4.79 Å². The van der Waals surface area contributed by atoms with Crippen LogP contribution in [0.3, 0.4) is 0 Å². The van der Waals surface area contributed by atoms with Gasteiger partial charge < -0.3 is 9.84 Å². The third kappa shape index (κ3) is 7.02. The summed E-state index contributed by atoms with van der Waals surface area (Å²) in [5.41, 5.74) is 0.980. The van der Waals surface area contributed by atoms with E-state index in [1.165, 1.54) is 11.4 Å². The van der Waals surface area contributed by atoms with Crippen molar-refractivity contribution in [2.75, 3.05) is 6.61 Å². The summed E-state index contributed by atoms with van der Waals surface area (Å²) in [6.07, 6.45) is 0.856. The summed E-state index contributed by atoms with van der Waals surface area (Å²) in [5.74, 6) is 0. The minimum Gasteiger partial charge on any atom is -0.334 e. The fourth-order valence-electron chi connectivity index (χ4n) is 1.51. The van der Waals surface area contributed by atoms with Crippen molar-refractivity contribution in [2.45, 2.75) is 39.0 Å². The molecule has 2 N–H and O–H groups in total. The quantitative estimate of drug-likeness (QED) is 0.702. The summed E-state index contributed by atoms with van der Waals surface area (Å²) in [7, 11) is 0. The zero-order chi connectivity index (χ0) is 15.7. The second-order valence-electron chi connectivity index (χ2n) is 4.52. The summed E-state index contributed by atoms with van der Waals surface area (Å²) < 4.78 is 17.8. The number of nitrogens with one attached hydrogen (secondary N) is 2. The van der Waals surface area contributed by atoms with Crippen molar-refractivity contribution in [3.63, 3.8) is 0 Å². The number of rotatable bonds is 8. The number of benzene rings is 1. The Hall–Kier alpha value is -0.970. The van der Waals surface area contributed by atoms with Crippen molar-refractivity contribution in [2.24, 2.45) is 0 Å². The van der Waals surface area contributed by atoms with E-state index in [2.05, 4.69) is 10.4 Å². The van der Waals surface area contributed by atoms with Gasteiger partial charge in [0.1, 0.15) is 0 Å². The van der Waals surface area contributed by atoms with Gasteiger partial charge >= 0.3 is 12.8 Å². The lowest BCUT2D eigenvalue weighted by Crippen LogP contribution is -2.33. The van der Waals surface area contributed by atoms with Gasteiger partial charge in [0.2, 0.25) is 0 Å². The molecule has 0 aromatic heterocycles. The summed E-state index contributed by atoms with van der Waals surface area (Å²) in [6, 6.07) is 9.06. The largest absolute Gasteiger partial charge is 0.354 e. The van der Waals surface area contributed by atoms with E-state index in [4.69, 9.17) is 4.52 Å². The zero-order valence-corrected chi connectivity index (χ0v) is 14.4. The molecule has 0 heterocycles. The molecule has 0 aliphatic heterocycles. The number of carbonyl (C=O) groups is 1. The summed E-state index contributed by atoms with van der Waals surface area (Å²) in [4.78, 5) is 11.9. The Labute approximate surface area is 130 Å². The first-order chi connectivity index (χ1) is 9.99. The van der Waals surface area contributed by atoms with Gasteiger partial charge in [0, 0.05) is 11.8 Å². The van der Waals surface area contributed by atoms with Crippen molar-refractivity contribution >= 4 is 24.1 Å². The van der Waals surface area contributed by atoms with E-state index >= 15 is 0 Å². The molecule has 5 nitrogen and oxygen atoms in total. The van der Waals surface area contributed by atoms with Gasteiger partial charge in [0.25, 0.3) is 0 Å². The molecule has 118 valence electrons. The molecule has 0 bridgehead atoms. The third-order valence-electron chi connectivity index (χ3n) is 2.73. The SMILES string of the molecule is CCOP(=O)(NC(=O)NCc1ccccc1)SC(C)CC. The van der Waals surface area contributed by atoms with Gasteiger partial charge in [-0.3, -0.25) is 9.65 Å². The molecule has 1 rings (SSSR count). The average molecular weight is 330 g/mol. The van der Waals surface area contributed by atoms with Crippen molar-refractivity contribution < 1.29 is 13.9 Å². The number of hydrogen-bond acceptors (Lipinski definition) is 4. The first-order valence-corrected chi connectivity index (χ1v) is 10.1. The van der Waals surface area contributed by atoms with E-state index < -0.39 is 12.8 Å². The highest BCUT2D eigenvalue weighted by Crippen LogP contribution is 2.58. The second-order valence-corrected chi connectivity index (χ2v) is 9.09. The molecule has 0 radical (unpaired) electrons. The topological polar surface area (TPSA) is 67.4 Å². The summed E-state index contributed by atoms with van der Waals surface area (Å²) in [6.45, 7) is 3.18. The van der Waals surface area contributed by atoms with Gasteiger partial charge in [-0.1, -0.05) is 44.2 Å². The fraction of sp³-hybridized carbons (Fsp3) is 0.500. The van der Waals surface area contributed by atoms with E-state index in [-0.39, 0.29) is 5.25 Å². The second kappa shape index (κ2) is 9.13. The van der Waals surface area contributed by atoms with Crippen LogP contribution in [0.2, 0.25) is 0 Å². The molecule has 21 heavy (non-hydrogen) atoms. The Bertz CT molecular complexity index is 484. The molecule has 1 aromatic rings. The first-order valence-electron chi connectivity index (χ1n) is 7.02. The molecule has 2 unspecified atom stereocenters. The molecule has 2 atom stereocenters. The molecule has 1 aromatic carbocycles. The maximum absolute atomic E-state index is 12.6. The molecule has 0 aliphatic rings. The number of urea groups is 1. The van der Waals surface area contributed by atoms with Gasteiger partial charge in [-0.2, -0.15) is 0 Å². The predicted octanol–water partition coefficient (Wildman–Crippen LogP) is 4.16. The van der Waals surface area contributed by atoms with Crippen LogP contribution in [-0.4, -0.2) is 17.9 Å². The first kappa shape index (κ1) is 18.1. The monoisotopic (exact) mass is 330 g/mol. The van der Waals surface area contributed by atoms with Crippen LogP contribution in [0.1, 0.15) is 32.8 Å². The van der Waals surface area contributed by atoms with E-state index in [9.17, 15) is 9.36 Å². The maximum atomic E-state index is 12.6. The van der Waals surface area contributed by atoms with Crippen LogP contribution in [0.15, 0.2) is 30.3 Å². The van der Waals surface area contributed by atoms with Crippen molar-refractivity contribution in [3.05, 3.63) is 35.9 Å². The van der Waals surface area contributed by atoms with Gasteiger partial charge in [0.05, 0.1) is 6.61 Å². The summed E-state index contributed by atoms with van der Waals surface area (Å²) in [5, 5.41) is 5.31. The highest BCUT2D eigenvalue weighted by Gasteiger charge is 2.28. The number of amides is 2. The smallest absolute Gasteiger partial charge is 0.334 e. The van der Waals surface area contributed by atoms with Crippen molar-refractivity contribution in [1.29, 1.82) is 0 Å². The molecule has 0 saturated carbocycles.